The fourth-order valence-electron chi connectivity index (χ4n) is 0.930. The van der Waals surface area contributed by atoms with Gasteiger partial charge in [-0.15, -0.1) is 0 Å². The lowest BCUT2D eigenvalue weighted by Gasteiger charge is -2.04. The zero-order valence-corrected chi connectivity index (χ0v) is 7.92. The van der Waals surface area contributed by atoms with Crippen LogP contribution in [0.3, 0.4) is 0 Å². The highest BCUT2D eigenvalue weighted by Crippen LogP contribution is 2.14. The van der Waals surface area contributed by atoms with E-state index in [2.05, 4.69) is 17.9 Å². The molecule has 0 radical (unpaired) electrons. The van der Waals surface area contributed by atoms with Crippen LogP contribution in [-0.2, 0) is 0 Å². The van der Waals surface area contributed by atoms with Crippen LogP contribution in [0.2, 0.25) is 0 Å². The van der Waals surface area contributed by atoms with Gasteiger partial charge >= 0.3 is 0 Å². The van der Waals surface area contributed by atoms with Crippen LogP contribution in [-0.4, -0.2) is 23.3 Å². The number of hydrogen-bond acceptors (Lipinski definition) is 3. The van der Waals surface area contributed by atoms with Gasteiger partial charge in [-0.2, -0.15) is 12.6 Å². The predicted molar refractivity (Wildman–Crippen MR) is 54.3 cm³/mol. The second kappa shape index (κ2) is 4.77. The van der Waals surface area contributed by atoms with Crippen LogP contribution in [0.1, 0.15) is 10.4 Å². The fraction of sp³-hybridized carbons (Fsp3) is 0.222. The molecule has 13 heavy (non-hydrogen) atoms. The summed E-state index contributed by atoms with van der Waals surface area (Å²) in [6, 6.07) is 6.43. The SMILES string of the molecule is O=C(NCCS)c1ccccc1O. The summed E-state index contributed by atoms with van der Waals surface area (Å²) in [6.07, 6.45) is 0. The molecule has 0 unspecified atom stereocenters. The largest absolute Gasteiger partial charge is 0.507 e. The molecule has 0 bridgehead atoms. The van der Waals surface area contributed by atoms with Gasteiger partial charge in [0, 0.05) is 12.3 Å². The number of aromatic hydroxyl groups is 1. The predicted octanol–water partition coefficient (Wildman–Crippen LogP) is 1.05. The molecule has 0 fully saturated rings. The number of carbonyl (C=O) groups excluding carboxylic acids is 1. The van der Waals surface area contributed by atoms with Gasteiger partial charge in [0.05, 0.1) is 5.56 Å². The third-order valence-electron chi connectivity index (χ3n) is 1.55. The smallest absolute Gasteiger partial charge is 0.255 e. The molecular formula is C9H11NO2S. The van der Waals surface area contributed by atoms with Crippen molar-refractivity contribution in [3.8, 4) is 5.75 Å². The number of phenolic OH excluding ortho intramolecular Hbond substituents is 1. The molecule has 0 aliphatic rings. The zero-order valence-electron chi connectivity index (χ0n) is 7.03. The average molecular weight is 197 g/mol. The number of phenols is 1. The van der Waals surface area contributed by atoms with Gasteiger partial charge in [0.15, 0.2) is 0 Å². The molecule has 1 rings (SSSR count). The molecule has 2 N–H and O–H groups in total. The summed E-state index contributed by atoms with van der Waals surface area (Å²) in [5.41, 5.74) is 0.296. The van der Waals surface area contributed by atoms with E-state index in [0.29, 0.717) is 17.9 Å². The van der Waals surface area contributed by atoms with Crippen molar-refractivity contribution in [1.82, 2.24) is 5.32 Å². The van der Waals surface area contributed by atoms with Crippen molar-refractivity contribution < 1.29 is 9.90 Å². The molecule has 0 aliphatic heterocycles. The molecule has 0 saturated carbocycles. The maximum Gasteiger partial charge on any atom is 0.255 e. The number of amides is 1. The van der Waals surface area contributed by atoms with Crippen molar-refractivity contribution >= 4 is 18.5 Å². The van der Waals surface area contributed by atoms with Crippen LogP contribution in [0.5, 0.6) is 5.75 Å². The Morgan fingerprint density at radius 2 is 2.15 bits per heavy atom. The molecule has 0 spiro atoms. The molecule has 1 aromatic carbocycles. The van der Waals surface area contributed by atoms with Crippen LogP contribution in [0.25, 0.3) is 0 Å². The number of rotatable bonds is 3. The lowest BCUT2D eigenvalue weighted by atomic mass is 10.2. The summed E-state index contributed by atoms with van der Waals surface area (Å²) in [5.74, 6) is 0.311. The number of hydrogen-bond donors (Lipinski definition) is 3. The van der Waals surface area contributed by atoms with Gasteiger partial charge in [0.2, 0.25) is 0 Å². The average Bonchev–Trinajstić information content (AvgIpc) is 2.15. The van der Waals surface area contributed by atoms with Gasteiger partial charge < -0.3 is 10.4 Å². The van der Waals surface area contributed by atoms with Crippen molar-refractivity contribution in [1.29, 1.82) is 0 Å². The van der Waals surface area contributed by atoms with Crippen LogP contribution in [0.4, 0.5) is 0 Å². The van der Waals surface area contributed by atoms with Crippen molar-refractivity contribution in [2.45, 2.75) is 0 Å². The monoisotopic (exact) mass is 197 g/mol. The topological polar surface area (TPSA) is 49.3 Å². The first-order chi connectivity index (χ1) is 6.25. The molecule has 0 aromatic heterocycles. The van der Waals surface area contributed by atoms with Crippen molar-refractivity contribution in [3.63, 3.8) is 0 Å². The Kier molecular flexibility index (Phi) is 3.64. The molecule has 0 aliphatic carbocycles. The van der Waals surface area contributed by atoms with Crippen molar-refractivity contribution in [2.75, 3.05) is 12.3 Å². The highest BCUT2D eigenvalue weighted by atomic mass is 32.1. The van der Waals surface area contributed by atoms with E-state index >= 15 is 0 Å². The molecule has 0 heterocycles. The van der Waals surface area contributed by atoms with Crippen LogP contribution in [0, 0.1) is 0 Å². The summed E-state index contributed by atoms with van der Waals surface area (Å²) in [7, 11) is 0. The Bertz CT molecular complexity index is 301. The Morgan fingerprint density at radius 3 is 2.77 bits per heavy atom. The van der Waals surface area contributed by atoms with E-state index in [4.69, 9.17) is 0 Å². The van der Waals surface area contributed by atoms with Crippen LogP contribution in [0.15, 0.2) is 24.3 Å². The Labute approximate surface area is 82.2 Å². The standard InChI is InChI=1S/C9H11NO2S/c11-8-4-2-1-3-7(8)9(12)10-5-6-13/h1-4,11,13H,5-6H2,(H,10,12). The molecule has 1 amide bonds. The van der Waals surface area contributed by atoms with Gasteiger partial charge in [0.25, 0.3) is 5.91 Å². The maximum absolute atomic E-state index is 11.3. The van der Waals surface area contributed by atoms with Gasteiger partial charge in [-0.05, 0) is 12.1 Å². The summed E-state index contributed by atoms with van der Waals surface area (Å²) >= 11 is 3.96. The molecule has 1 aromatic rings. The minimum Gasteiger partial charge on any atom is -0.507 e. The maximum atomic E-state index is 11.3. The van der Waals surface area contributed by atoms with Gasteiger partial charge in [-0.3, -0.25) is 4.79 Å². The van der Waals surface area contributed by atoms with Gasteiger partial charge in [-0.25, -0.2) is 0 Å². The molecule has 4 heteroatoms. The van der Waals surface area contributed by atoms with E-state index < -0.39 is 0 Å². The van der Waals surface area contributed by atoms with E-state index in [1.807, 2.05) is 0 Å². The van der Waals surface area contributed by atoms with Crippen molar-refractivity contribution in [2.24, 2.45) is 0 Å². The normalized spacial score (nSPS) is 9.62. The van der Waals surface area contributed by atoms with E-state index in [1.54, 1.807) is 18.2 Å². The Hall–Kier alpha value is -1.16. The van der Waals surface area contributed by atoms with E-state index in [-0.39, 0.29) is 11.7 Å². The number of carbonyl (C=O) groups is 1. The molecular weight excluding hydrogens is 186 g/mol. The summed E-state index contributed by atoms with van der Waals surface area (Å²) < 4.78 is 0. The van der Waals surface area contributed by atoms with E-state index in [9.17, 15) is 9.90 Å². The summed E-state index contributed by atoms with van der Waals surface area (Å²) in [5, 5.41) is 11.9. The minimum absolute atomic E-state index is 0.000774. The third kappa shape index (κ3) is 2.66. The summed E-state index contributed by atoms with van der Waals surface area (Å²) in [4.78, 5) is 11.3. The van der Waals surface area contributed by atoms with Crippen LogP contribution >= 0.6 is 12.6 Å². The Balaban J connectivity index is 2.71. The Morgan fingerprint density at radius 1 is 1.46 bits per heavy atom. The number of para-hydroxylation sites is 1. The van der Waals surface area contributed by atoms with E-state index in [0.717, 1.165) is 0 Å². The highest BCUT2D eigenvalue weighted by molar-refractivity contribution is 7.80. The highest BCUT2D eigenvalue weighted by Gasteiger charge is 2.07. The number of thiol groups is 1. The lowest BCUT2D eigenvalue weighted by molar-refractivity contribution is 0.0953. The number of nitrogens with one attached hydrogen (secondary N) is 1. The minimum atomic E-state index is -0.271. The molecule has 3 nitrogen and oxygen atoms in total. The first-order valence-corrected chi connectivity index (χ1v) is 4.56. The zero-order chi connectivity index (χ0) is 9.68. The molecule has 0 saturated heterocycles. The number of benzene rings is 1. The second-order valence-electron chi connectivity index (χ2n) is 2.50. The fourth-order valence-corrected chi connectivity index (χ4v) is 1.04. The first kappa shape index (κ1) is 9.92. The van der Waals surface area contributed by atoms with E-state index in [1.165, 1.54) is 6.07 Å². The van der Waals surface area contributed by atoms with Gasteiger partial charge in [-0.1, -0.05) is 12.1 Å². The quantitative estimate of drug-likeness (QED) is 0.634. The molecule has 0 atom stereocenters. The lowest BCUT2D eigenvalue weighted by Crippen LogP contribution is -2.25. The van der Waals surface area contributed by atoms with Crippen molar-refractivity contribution in [3.05, 3.63) is 29.8 Å². The van der Waals surface area contributed by atoms with Crippen LogP contribution < -0.4 is 5.32 Å². The third-order valence-corrected chi connectivity index (χ3v) is 1.77. The second-order valence-corrected chi connectivity index (χ2v) is 2.94. The first-order valence-electron chi connectivity index (χ1n) is 3.92. The molecule has 70 valence electrons. The summed E-state index contributed by atoms with van der Waals surface area (Å²) in [6.45, 7) is 0.496. The van der Waals surface area contributed by atoms with Gasteiger partial charge in [0.1, 0.15) is 5.75 Å².